The molecule has 0 aromatic heterocycles. The van der Waals surface area contributed by atoms with E-state index in [0.29, 0.717) is 23.4 Å². The number of azo groups is 1. The fourth-order valence-electron chi connectivity index (χ4n) is 3.01. The van der Waals surface area contributed by atoms with Crippen molar-refractivity contribution in [2.24, 2.45) is 22.1 Å². The number of nitrogens with one attached hydrogen (secondary N) is 2. The van der Waals surface area contributed by atoms with Crippen molar-refractivity contribution < 1.29 is 14.4 Å². The van der Waals surface area contributed by atoms with E-state index < -0.39 is 18.0 Å². The highest BCUT2D eigenvalue weighted by atomic mass is 16.2. The van der Waals surface area contributed by atoms with E-state index >= 15 is 0 Å². The summed E-state index contributed by atoms with van der Waals surface area (Å²) in [6.45, 7) is 7.64. The summed E-state index contributed by atoms with van der Waals surface area (Å²) in [5.41, 5.74) is 1.61. The lowest BCUT2D eigenvalue weighted by Crippen LogP contribution is -2.52. The van der Waals surface area contributed by atoms with Crippen LogP contribution in [-0.4, -0.2) is 30.2 Å². The third kappa shape index (κ3) is 7.77. The summed E-state index contributed by atoms with van der Waals surface area (Å²) in [7, 11) is 0. The largest absolute Gasteiger partial charge is 0.345 e. The summed E-state index contributed by atoms with van der Waals surface area (Å²) in [5, 5.41) is 13.8. The Labute approximate surface area is 183 Å². The van der Waals surface area contributed by atoms with Gasteiger partial charge in [0.15, 0.2) is 0 Å². The molecular formula is C24H30N4O3. The van der Waals surface area contributed by atoms with Crippen LogP contribution in [0.1, 0.15) is 44.5 Å². The van der Waals surface area contributed by atoms with Crippen molar-refractivity contribution in [3.05, 3.63) is 60.2 Å². The second-order valence-electron chi connectivity index (χ2n) is 8.16. The molecule has 0 fully saturated rings. The van der Waals surface area contributed by atoms with Gasteiger partial charge in [0.05, 0.1) is 17.4 Å². The van der Waals surface area contributed by atoms with Crippen LogP contribution in [0.15, 0.2) is 64.8 Å². The van der Waals surface area contributed by atoms with Crippen molar-refractivity contribution >= 4 is 29.5 Å². The fourth-order valence-corrected chi connectivity index (χ4v) is 3.01. The Morgan fingerprint density at radius 3 is 2.16 bits per heavy atom. The maximum absolute atomic E-state index is 12.8. The van der Waals surface area contributed by atoms with Crippen LogP contribution in [0, 0.1) is 11.8 Å². The van der Waals surface area contributed by atoms with E-state index in [2.05, 4.69) is 20.9 Å². The zero-order chi connectivity index (χ0) is 22.8. The monoisotopic (exact) mass is 422 g/mol. The van der Waals surface area contributed by atoms with Gasteiger partial charge in [0.25, 0.3) is 5.91 Å². The lowest BCUT2D eigenvalue weighted by Gasteiger charge is -2.24. The average Bonchev–Trinajstić information content (AvgIpc) is 2.75. The predicted octanol–water partition coefficient (Wildman–Crippen LogP) is 4.59. The first kappa shape index (κ1) is 23.9. The molecule has 0 heterocycles. The third-order valence-electron chi connectivity index (χ3n) is 4.60. The molecule has 0 aliphatic rings. The fraction of sp³-hybridized carbons (Fsp3) is 0.375. The molecule has 164 valence electrons. The number of hydrogen-bond donors (Lipinski definition) is 2. The Kier molecular flexibility index (Phi) is 9.06. The summed E-state index contributed by atoms with van der Waals surface area (Å²) in [6.07, 6.45) is 1.28. The maximum atomic E-state index is 12.8. The van der Waals surface area contributed by atoms with Gasteiger partial charge in [0.1, 0.15) is 12.3 Å². The van der Waals surface area contributed by atoms with E-state index in [1.54, 1.807) is 24.3 Å². The van der Waals surface area contributed by atoms with Crippen LogP contribution in [-0.2, 0) is 9.59 Å². The summed E-state index contributed by atoms with van der Waals surface area (Å²) in [5.74, 6) is -0.662. The highest BCUT2D eigenvalue weighted by Gasteiger charge is 2.26. The first-order chi connectivity index (χ1) is 14.8. The number of aldehydes is 1. The molecule has 0 unspecified atom stereocenters. The summed E-state index contributed by atoms with van der Waals surface area (Å²) < 4.78 is 0. The normalized spacial score (nSPS) is 13.2. The lowest BCUT2D eigenvalue weighted by molar-refractivity contribution is -0.126. The van der Waals surface area contributed by atoms with Crippen LogP contribution in [0.3, 0.4) is 0 Å². The lowest BCUT2D eigenvalue weighted by atomic mass is 10.0. The van der Waals surface area contributed by atoms with Crippen LogP contribution in [0.2, 0.25) is 0 Å². The van der Waals surface area contributed by atoms with E-state index in [1.165, 1.54) is 0 Å². The predicted molar refractivity (Wildman–Crippen MR) is 121 cm³/mol. The molecule has 7 heteroatoms. The topological polar surface area (TPSA) is 100.0 Å². The van der Waals surface area contributed by atoms with E-state index in [0.717, 1.165) is 6.29 Å². The van der Waals surface area contributed by atoms with Crippen LogP contribution in [0.5, 0.6) is 0 Å². The van der Waals surface area contributed by atoms with Crippen LogP contribution in [0.25, 0.3) is 0 Å². The van der Waals surface area contributed by atoms with Gasteiger partial charge in [-0.3, -0.25) is 9.59 Å². The van der Waals surface area contributed by atoms with E-state index in [1.807, 2.05) is 58.0 Å². The van der Waals surface area contributed by atoms with E-state index in [9.17, 15) is 14.4 Å². The molecule has 0 bridgehead atoms. The quantitative estimate of drug-likeness (QED) is 0.433. The Morgan fingerprint density at radius 1 is 0.903 bits per heavy atom. The standard InChI is InChI=1S/C24H30N4O3/c1-16(2)13-21(15-29)25-24(31)22(17(3)4)26-23(30)18-9-8-12-20(14-18)28-27-19-10-6-5-7-11-19/h5-12,14-17,21-22H,13H2,1-4H3,(H,25,31)(H,26,30)/t21-,22-/m0/s1. The van der Waals surface area contributed by atoms with Crippen molar-refractivity contribution in [3.8, 4) is 0 Å². The molecule has 0 saturated heterocycles. The average molecular weight is 423 g/mol. The first-order valence-corrected chi connectivity index (χ1v) is 10.4. The van der Waals surface area contributed by atoms with Gasteiger partial charge in [-0.25, -0.2) is 0 Å². The molecule has 0 aliphatic heterocycles. The number of rotatable bonds is 10. The van der Waals surface area contributed by atoms with Crippen molar-refractivity contribution in [2.75, 3.05) is 0 Å². The minimum Gasteiger partial charge on any atom is -0.345 e. The van der Waals surface area contributed by atoms with Crippen molar-refractivity contribution in [2.45, 2.75) is 46.2 Å². The number of carbonyl (C=O) groups is 3. The minimum absolute atomic E-state index is 0.156. The number of amides is 2. The Bertz CT molecular complexity index is 910. The summed E-state index contributed by atoms with van der Waals surface area (Å²) >= 11 is 0. The molecule has 2 rings (SSSR count). The molecule has 7 nitrogen and oxygen atoms in total. The maximum Gasteiger partial charge on any atom is 0.252 e. The van der Waals surface area contributed by atoms with Crippen LogP contribution < -0.4 is 10.6 Å². The molecule has 2 amide bonds. The molecule has 2 atom stereocenters. The number of carbonyl (C=O) groups excluding carboxylic acids is 3. The number of hydrogen-bond acceptors (Lipinski definition) is 5. The third-order valence-corrected chi connectivity index (χ3v) is 4.60. The van der Waals surface area contributed by atoms with E-state index in [-0.39, 0.29) is 17.7 Å². The molecule has 0 spiro atoms. The van der Waals surface area contributed by atoms with Gasteiger partial charge in [-0.05, 0) is 48.6 Å². The Balaban J connectivity index is 2.09. The van der Waals surface area contributed by atoms with Crippen molar-refractivity contribution in [1.29, 1.82) is 0 Å². The smallest absolute Gasteiger partial charge is 0.252 e. The van der Waals surface area contributed by atoms with Gasteiger partial charge < -0.3 is 15.4 Å². The van der Waals surface area contributed by atoms with Gasteiger partial charge >= 0.3 is 0 Å². The van der Waals surface area contributed by atoms with Crippen LogP contribution in [0.4, 0.5) is 11.4 Å². The van der Waals surface area contributed by atoms with Crippen LogP contribution >= 0.6 is 0 Å². The number of benzene rings is 2. The first-order valence-electron chi connectivity index (χ1n) is 10.4. The van der Waals surface area contributed by atoms with Gasteiger partial charge in [-0.1, -0.05) is 52.0 Å². The van der Waals surface area contributed by atoms with Gasteiger partial charge in [0.2, 0.25) is 5.91 Å². The highest BCUT2D eigenvalue weighted by Crippen LogP contribution is 2.19. The SMILES string of the molecule is CC(C)C[C@@H](C=O)NC(=O)[C@@H](NC(=O)c1cccc(N=Nc2ccccc2)c1)C(C)C. The second-order valence-corrected chi connectivity index (χ2v) is 8.16. The molecule has 2 N–H and O–H groups in total. The van der Waals surface area contributed by atoms with Gasteiger partial charge in [0, 0.05) is 5.56 Å². The molecule has 2 aromatic rings. The Morgan fingerprint density at radius 2 is 1.55 bits per heavy atom. The molecule has 31 heavy (non-hydrogen) atoms. The molecule has 0 saturated carbocycles. The summed E-state index contributed by atoms with van der Waals surface area (Å²) in [4.78, 5) is 36.8. The minimum atomic E-state index is -0.767. The van der Waals surface area contributed by atoms with Crippen molar-refractivity contribution in [1.82, 2.24) is 10.6 Å². The molecule has 0 aliphatic carbocycles. The highest BCUT2D eigenvalue weighted by molar-refractivity contribution is 5.98. The van der Waals surface area contributed by atoms with E-state index in [4.69, 9.17) is 0 Å². The number of nitrogens with zero attached hydrogens (tertiary/aromatic N) is 2. The van der Waals surface area contributed by atoms with Crippen molar-refractivity contribution in [3.63, 3.8) is 0 Å². The zero-order valence-electron chi connectivity index (χ0n) is 18.4. The second kappa shape index (κ2) is 11.7. The van der Waals surface area contributed by atoms with Gasteiger partial charge in [-0.15, -0.1) is 0 Å². The molecule has 0 radical (unpaired) electrons. The van der Waals surface area contributed by atoms with Gasteiger partial charge in [-0.2, -0.15) is 10.2 Å². The zero-order valence-corrected chi connectivity index (χ0v) is 18.4. The Hall–Kier alpha value is -3.35. The molecule has 2 aromatic carbocycles. The molecular weight excluding hydrogens is 392 g/mol. The summed E-state index contributed by atoms with van der Waals surface area (Å²) in [6, 6.07) is 14.7.